The fraction of sp³-hybridized carbons (Fsp3) is 0.300. The number of hydrogen-bond donors (Lipinski definition) is 1. The normalized spacial score (nSPS) is 11.6. The van der Waals surface area contributed by atoms with E-state index in [1.807, 2.05) is 6.92 Å². The molecule has 0 aliphatic carbocycles. The van der Waals surface area contributed by atoms with Crippen molar-refractivity contribution < 1.29 is 28.2 Å². The van der Waals surface area contributed by atoms with Gasteiger partial charge in [-0.2, -0.15) is 0 Å². The van der Waals surface area contributed by atoms with Crippen molar-refractivity contribution in [1.29, 1.82) is 0 Å². The Morgan fingerprint density at radius 1 is 1.19 bits per heavy atom. The molecule has 0 radical (unpaired) electrons. The van der Waals surface area contributed by atoms with Crippen molar-refractivity contribution in [2.75, 3.05) is 19.0 Å². The molecule has 6 nitrogen and oxygen atoms in total. The van der Waals surface area contributed by atoms with E-state index in [-0.39, 0.29) is 17.9 Å². The zero-order chi connectivity index (χ0) is 19.8. The number of methoxy groups -OCH3 is 1. The average molecular weight is 375 g/mol. The lowest BCUT2D eigenvalue weighted by atomic mass is 10.1. The smallest absolute Gasteiger partial charge is 0.338 e. The number of esters is 1. The zero-order valence-corrected chi connectivity index (χ0v) is 15.5. The van der Waals surface area contributed by atoms with Crippen molar-refractivity contribution in [3.05, 3.63) is 59.4 Å². The first-order valence-electron chi connectivity index (χ1n) is 8.46. The molecule has 2 aromatic carbocycles. The Bertz CT molecular complexity index is 809. The number of halogens is 1. The maximum absolute atomic E-state index is 13.2. The summed E-state index contributed by atoms with van der Waals surface area (Å²) in [6, 6.07) is 10.3. The van der Waals surface area contributed by atoms with Gasteiger partial charge in [0.25, 0.3) is 5.91 Å². The number of hydrogen-bond acceptors (Lipinski definition) is 5. The van der Waals surface area contributed by atoms with Gasteiger partial charge in [0.2, 0.25) is 0 Å². The van der Waals surface area contributed by atoms with E-state index in [0.29, 0.717) is 17.9 Å². The minimum atomic E-state index is -1.06. The van der Waals surface area contributed by atoms with Gasteiger partial charge in [-0.05, 0) is 50.2 Å². The Kier molecular flexibility index (Phi) is 7.31. The second-order valence-corrected chi connectivity index (χ2v) is 5.71. The molecule has 0 aliphatic rings. The number of amides is 1. The minimum absolute atomic E-state index is 0.274. The van der Waals surface area contributed by atoms with Gasteiger partial charge in [-0.25, -0.2) is 9.18 Å². The van der Waals surface area contributed by atoms with Gasteiger partial charge in [-0.3, -0.25) is 4.79 Å². The third-order valence-corrected chi connectivity index (χ3v) is 3.72. The quantitative estimate of drug-likeness (QED) is 0.714. The summed E-state index contributed by atoms with van der Waals surface area (Å²) in [7, 11) is 1.53. The SMILES string of the molecule is CCOCc1cc(C(=O)O[C@@H](C)C(=O)Nc2cccc(F)c2)ccc1OC. The Balaban J connectivity index is 2.03. The van der Waals surface area contributed by atoms with E-state index in [1.165, 1.54) is 32.2 Å². The largest absolute Gasteiger partial charge is 0.496 e. The molecule has 0 saturated carbocycles. The number of carbonyl (C=O) groups excluding carboxylic acids is 2. The first-order chi connectivity index (χ1) is 12.9. The fourth-order valence-electron chi connectivity index (χ4n) is 2.32. The van der Waals surface area contributed by atoms with Gasteiger partial charge < -0.3 is 19.5 Å². The Morgan fingerprint density at radius 2 is 1.96 bits per heavy atom. The molecule has 2 rings (SSSR count). The first kappa shape index (κ1) is 20.4. The molecule has 27 heavy (non-hydrogen) atoms. The van der Waals surface area contributed by atoms with Crippen LogP contribution in [-0.2, 0) is 20.9 Å². The number of benzene rings is 2. The second-order valence-electron chi connectivity index (χ2n) is 5.71. The van der Waals surface area contributed by atoms with Crippen molar-refractivity contribution in [1.82, 2.24) is 0 Å². The summed E-state index contributed by atoms with van der Waals surface area (Å²) in [6.07, 6.45) is -1.06. The summed E-state index contributed by atoms with van der Waals surface area (Å²) in [5.74, 6) is -1.09. The molecule has 1 N–H and O–H groups in total. The summed E-state index contributed by atoms with van der Waals surface area (Å²) < 4.78 is 29.0. The van der Waals surface area contributed by atoms with Crippen LogP contribution in [0.1, 0.15) is 29.8 Å². The summed E-state index contributed by atoms with van der Waals surface area (Å²) in [5.41, 5.74) is 1.26. The summed E-state index contributed by atoms with van der Waals surface area (Å²) in [6.45, 7) is 4.12. The van der Waals surface area contributed by atoms with Crippen LogP contribution in [0.3, 0.4) is 0 Å². The molecule has 7 heteroatoms. The van der Waals surface area contributed by atoms with Crippen LogP contribution >= 0.6 is 0 Å². The molecule has 1 amide bonds. The maximum atomic E-state index is 13.2. The molecule has 0 aromatic heterocycles. The van der Waals surface area contributed by atoms with Gasteiger partial charge in [0, 0.05) is 17.9 Å². The number of ether oxygens (including phenoxy) is 3. The molecule has 0 heterocycles. The molecule has 2 aromatic rings. The van der Waals surface area contributed by atoms with Crippen LogP contribution in [0.25, 0.3) is 0 Å². The monoisotopic (exact) mass is 375 g/mol. The van der Waals surface area contributed by atoms with E-state index in [2.05, 4.69) is 5.32 Å². The van der Waals surface area contributed by atoms with E-state index in [9.17, 15) is 14.0 Å². The Morgan fingerprint density at radius 3 is 2.63 bits per heavy atom. The van der Waals surface area contributed by atoms with Gasteiger partial charge in [0.15, 0.2) is 6.10 Å². The highest BCUT2D eigenvalue weighted by Crippen LogP contribution is 2.22. The highest BCUT2D eigenvalue weighted by molar-refractivity contribution is 5.97. The van der Waals surface area contributed by atoms with Crippen molar-refractivity contribution in [2.24, 2.45) is 0 Å². The summed E-state index contributed by atoms with van der Waals surface area (Å²) >= 11 is 0. The van der Waals surface area contributed by atoms with Crippen molar-refractivity contribution in [3.8, 4) is 5.75 Å². The zero-order valence-electron chi connectivity index (χ0n) is 15.5. The van der Waals surface area contributed by atoms with Gasteiger partial charge in [-0.1, -0.05) is 6.07 Å². The van der Waals surface area contributed by atoms with E-state index in [4.69, 9.17) is 14.2 Å². The molecule has 0 spiro atoms. The second kappa shape index (κ2) is 9.68. The highest BCUT2D eigenvalue weighted by Gasteiger charge is 2.20. The first-order valence-corrected chi connectivity index (χ1v) is 8.46. The van der Waals surface area contributed by atoms with E-state index in [1.54, 1.807) is 24.3 Å². The molecule has 0 bridgehead atoms. The lowest BCUT2D eigenvalue weighted by Crippen LogP contribution is -2.30. The van der Waals surface area contributed by atoms with Crippen LogP contribution in [0, 0.1) is 5.82 Å². The van der Waals surface area contributed by atoms with E-state index < -0.39 is 23.8 Å². The third kappa shape index (κ3) is 5.79. The van der Waals surface area contributed by atoms with Crippen molar-refractivity contribution in [3.63, 3.8) is 0 Å². The Hall–Kier alpha value is -2.93. The molecule has 0 fully saturated rings. The van der Waals surface area contributed by atoms with Crippen LogP contribution in [0.2, 0.25) is 0 Å². The molecular weight excluding hydrogens is 353 g/mol. The third-order valence-electron chi connectivity index (χ3n) is 3.72. The number of rotatable bonds is 8. The van der Waals surface area contributed by atoms with Crippen LogP contribution in [0.15, 0.2) is 42.5 Å². The van der Waals surface area contributed by atoms with E-state index in [0.717, 1.165) is 0 Å². The van der Waals surface area contributed by atoms with Crippen LogP contribution < -0.4 is 10.1 Å². The molecule has 0 aliphatic heterocycles. The van der Waals surface area contributed by atoms with Gasteiger partial charge in [0.05, 0.1) is 19.3 Å². The van der Waals surface area contributed by atoms with E-state index >= 15 is 0 Å². The van der Waals surface area contributed by atoms with Gasteiger partial charge >= 0.3 is 5.97 Å². The molecule has 0 saturated heterocycles. The summed E-state index contributed by atoms with van der Waals surface area (Å²) in [4.78, 5) is 24.5. The average Bonchev–Trinajstić information content (AvgIpc) is 2.65. The molecule has 1 atom stereocenters. The molecule has 144 valence electrons. The predicted octanol–water partition coefficient (Wildman–Crippen LogP) is 3.55. The fourth-order valence-corrected chi connectivity index (χ4v) is 2.32. The predicted molar refractivity (Wildman–Crippen MR) is 98.2 cm³/mol. The van der Waals surface area contributed by atoms with Crippen LogP contribution in [0.5, 0.6) is 5.75 Å². The topological polar surface area (TPSA) is 73.9 Å². The molecular formula is C20H22FNO5. The highest BCUT2D eigenvalue weighted by atomic mass is 19.1. The lowest BCUT2D eigenvalue weighted by Gasteiger charge is -2.15. The Labute approximate surface area is 157 Å². The lowest BCUT2D eigenvalue weighted by molar-refractivity contribution is -0.123. The van der Waals surface area contributed by atoms with Crippen molar-refractivity contribution >= 4 is 17.6 Å². The molecule has 0 unspecified atom stereocenters. The van der Waals surface area contributed by atoms with Crippen LogP contribution in [0.4, 0.5) is 10.1 Å². The number of nitrogens with one attached hydrogen (secondary N) is 1. The maximum Gasteiger partial charge on any atom is 0.338 e. The summed E-state index contributed by atoms with van der Waals surface area (Å²) in [5, 5.41) is 2.50. The number of anilines is 1. The van der Waals surface area contributed by atoms with Crippen LogP contribution in [-0.4, -0.2) is 31.7 Å². The standard InChI is InChI=1S/C20H22FNO5/c1-4-26-12-15-10-14(8-9-18(15)25-3)20(24)27-13(2)19(23)22-17-7-5-6-16(21)11-17/h5-11,13H,4,12H2,1-3H3,(H,22,23)/t13-/m0/s1. The number of carbonyl (C=O) groups is 2. The van der Waals surface area contributed by atoms with Crippen molar-refractivity contribution in [2.45, 2.75) is 26.6 Å². The van der Waals surface area contributed by atoms with Gasteiger partial charge in [-0.15, -0.1) is 0 Å². The minimum Gasteiger partial charge on any atom is -0.496 e. The van der Waals surface area contributed by atoms with Gasteiger partial charge in [0.1, 0.15) is 11.6 Å².